The van der Waals surface area contributed by atoms with E-state index in [1.54, 1.807) is 11.3 Å². The van der Waals surface area contributed by atoms with Crippen molar-refractivity contribution in [3.05, 3.63) is 52.2 Å². The Labute approximate surface area is 129 Å². The summed E-state index contributed by atoms with van der Waals surface area (Å²) >= 11 is 1.78. The van der Waals surface area contributed by atoms with Crippen molar-refractivity contribution < 1.29 is 4.79 Å². The van der Waals surface area contributed by atoms with Crippen LogP contribution in [-0.4, -0.2) is 12.5 Å². The lowest BCUT2D eigenvalue weighted by molar-refractivity contribution is -0.117. The van der Waals surface area contributed by atoms with Crippen molar-refractivity contribution in [1.82, 2.24) is 5.32 Å². The summed E-state index contributed by atoms with van der Waals surface area (Å²) in [7, 11) is 0. The normalized spacial score (nSPS) is 16.4. The molecule has 2 heterocycles. The van der Waals surface area contributed by atoms with Crippen molar-refractivity contribution in [2.45, 2.75) is 32.4 Å². The fraction of sp³-hybridized carbons (Fsp3) is 0.353. The van der Waals surface area contributed by atoms with Gasteiger partial charge in [0.1, 0.15) is 0 Å². The molecule has 0 aliphatic carbocycles. The zero-order chi connectivity index (χ0) is 14.7. The van der Waals surface area contributed by atoms with Gasteiger partial charge in [-0.05, 0) is 42.5 Å². The Morgan fingerprint density at radius 1 is 1.29 bits per heavy atom. The van der Waals surface area contributed by atoms with E-state index in [4.69, 9.17) is 0 Å². The predicted molar refractivity (Wildman–Crippen MR) is 87.6 cm³/mol. The molecule has 21 heavy (non-hydrogen) atoms. The summed E-state index contributed by atoms with van der Waals surface area (Å²) in [4.78, 5) is 15.0. The predicted octanol–water partition coefficient (Wildman–Crippen LogP) is 3.73. The second-order valence-corrected chi connectivity index (χ2v) is 6.41. The molecule has 1 atom stereocenters. The van der Waals surface area contributed by atoms with Crippen molar-refractivity contribution >= 4 is 22.9 Å². The van der Waals surface area contributed by atoms with E-state index in [1.807, 2.05) is 4.90 Å². The maximum atomic E-state index is 11.7. The molecule has 0 saturated carbocycles. The van der Waals surface area contributed by atoms with E-state index in [1.165, 1.54) is 10.4 Å². The van der Waals surface area contributed by atoms with Crippen LogP contribution in [-0.2, 0) is 11.3 Å². The zero-order valence-electron chi connectivity index (χ0n) is 12.2. The molecule has 0 bridgehead atoms. The van der Waals surface area contributed by atoms with E-state index in [0.29, 0.717) is 12.5 Å². The smallest absolute Gasteiger partial charge is 0.227 e. The monoisotopic (exact) mass is 300 g/mol. The van der Waals surface area contributed by atoms with Crippen LogP contribution in [0.4, 0.5) is 5.69 Å². The Morgan fingerprint density at radius 2 is 2.10 bits per heavy atom. The van der Waals surface area contributed by atoms with Crippen LogP contribution in [0.3, 0.4) is 0 Å². The van der Waals surface area contributed by atoms with E-state index >= 15 is 0 Å². The summed E-state index contributed by atoms with van der Waals surface area (Å²) in [5, 5.41) is 5.64. The van der Waals surface area contributed by atoms with Gasteiger partial charge in [-0.1, -0.05) is 18.2 Å². The quantitative estimate of drug-likeness (QED) is 0.912. The molecule has 4 heteroatoms. The molecule has 3 rings (SSSR count). The highest BCUT2D eigenvalue weighted by Gasteiger charge is 2.21. The van der Waals surface area contributed by atoms with Crippen molar-refractivity contribution in [3.8, 4) is 0 Å². The van der Waals surface area contributed by atoms with Crippen LogP contribution in [0.15, 0.2) is 41.8 Å². The minimum absolute atomic E-state index is 0.243. The molecule has 1 N–H and O–H groups in total. The number of thiophene rings is 1. The first kappa shape index (κ1) is 14.3. The third kappa shape index (κ3) is 3.34. The average molecular weight is 300 g/mol. The molecule has 1 aliphatic rings. The van der Waals surface area contributed by atoms with Gasteiger partial charge in [0, 0.05) is 36.1 Å². The number of hydrogen-bond donors (Lipinski definition) is 1. The van der Waals surface area contributed by atoms with Crippen LogP contribution in [0.1, 0.15) is 36.2 Å². The molecule has 1 aromatic heterocycles. The Bertz CT molecular complexity index is 592. The van der Waals surface area contributed by atoms with Gasteiger partial charge in [0.15, 0.2) is 0 Å². The molecule has 110 valence electrons. The second-order valence-electron chi connectivity index (χ2n) is 5.43. The second kappa shape index (κ2) is 6.41. The Balaban J connectivity index is 1.58. The fourth-order valence-corrected chi connectivity index (χ4v) is 3.38. The lowest BCUT2D eigenvalue weighted by atomic mass is 10.2. The van der Waals surface area contributed by atoms with Crippen LogP contribution < -0.4 is 10.2 Å². The Hall–Kier alpha value is -1.65. The molecule has 1 aromatic carbocycles. The van der Waals surface area contributed by atoms with Crippen molar-refractivity contribution in [1.29, 1.82) is 0 Å². The number of anilines is 1. The number of amides is 1. The van der Waals surface area contributed by atoms with Gasteiger partial charge >= 0.3 is 0 Å². The van der Waals surface area contributed by atoms with Gasteiger partial charge < -0.3 is 10.2 Å². The topological polar surface area (TPSA) is 32.3 Å². The van der Waals surface area contributed by atoms with Gasteiger partial charge in [0.05, 0.1) is 0 Å². The van der Waals surface area contributed by atoms with Crippen LogP contribution >= 0.6 is 11.3 Å². The first-order chi connectivity index (χ1) is 10.2. The molecule has 1 amide bonds. The van der Waals surface area contributed by atoms with Gasteiger partial charge in [-0.15, -0.1) is 11.3 Å². The third-order valence-corrected chi connectivity index (χ3v) is 4.96. The molecule has 1 saturated heterocycles. The van der Waals surface area contributed by atoms with E-state index in [2.05, 4.69) is 54.0 Å². The number of hydrogen-bond acceptors (Lipinski definition) is 3. The molecule has 3 nitrogen and oxygen atoms in total. The lowest BCUT2D eigenvalue weighted by Crippen LogP contribution is -2.23. The molecule has 1 aliphatic heterocycles. The van der Waals surface area contributed by atoms with E-state index in [9.17, 15) is 4.79 Å². The number of nitrogens with zero attached hydrogens (tertiary/aromatic N) is 1. The minimum atomic E-state index is 0.243. The summed E-state index contributed by atoms with van der Waals surface area (Å²) in [6, 6.07) is 12.9. The molecular weight excluding hydrogens is 280 g/mol. The maximum absolute atomic E-state index is 11.7. The molecule has 0 radical (unpaired) electrons. The first-order valence-corrected chi connectivity index (χ1v) is 8.28. The van der Waals surface area contributed by atoms with Crippen molar-refractivity contribution in [2.24, 2.45) is 0 Å². The van der Waals surface area contributed by atoms with Crippen LogP contribution in [0, 0.1) is 0 Å². The molecule has 1 fully saturated rings. The highest BCUT2D eigenvalue weighted by Crippen LogP contribution is 2.22. The van der Waals surface area contributed by atoms with E-state index in [0.717, 1.165) is 25.2 Å². The van der Waals surface area contributed by atoms with Crippen LogP contribution in [0.5, 0.6) is 0 Å². The first-order valence-electron chi connectivity index (χ1n) is 7.40. The highest BCUT2D eigenvalue weighted by atomic mass is 32.1. The largest absolute Gasteiger partial charge is 0.312 e. The van der Waals surface area contributed by atoms with Gasteiger partial charge in [0.25, 0.3) is 0 Å². The molecule has 0 spiro atoms. The summed E-state index contributed by atoms with van der Waals surface area (Å²) in [5.41, 5.74) is 2.27. The number of carbonyl (C=O) groups excluding carboxylic acids is 1. The Kier molecular flexibility index (Phi) is 4.36. The van der Waals surface area contributed by atoms with Crippen LogP contribution in [0.25, 0.3) is 0 Å². The zero-order valence-corrected chi connectivity index (χ0v) is 13.0. The van der Waals surface area contributed by atoms with Gasteiger partial charge in [-0.3, -0.25) is 4.79 Å². The third-order valence-electron chi connectivity index (χ3n) is 3.90. The summed E-state index contributed by atoms with van der Waals surface area (Å²) in [6.45, 7) is 3.88. The van der Waals surface area contributed by atoms with Crippen molar-refractivity contribution in [3.63, 3.8) is 0 Å². The van der Waals surface area contributed by atoms with Gasteiger partial charge in [0.2, 0.25) is 5.91 Å². The van der Waals surface area contributed by atoms with Crippen molar-refractivity contribution in [2.75, 3.05) is 11.4 Å². The molecule has 1 unspecified atom stereocenters. The Morgan fingerprint density at radius 3 is 2.71 bits per heavy atom. The number of rotatable bonds is 5. The lowest BCUT2D eigenvalue weighted by Gasteiger charge is -2.16. The minimum Gasteiger partial charge on any atom is -0.312 e. The molecule has 2 aromatic rings. The van der Waals surface area contributed by atoms with Gasteiger partial charge in [-0.25, -0.2) is 0 Å². The summed E-state index contributed by atoms with van der Waals surface area (Å²) < 4.78 is 0. The van der Waals surface area contributed by atoms with Crippen LogP contribution in [0.2, 0.25) is 0 Å². The van der Waals surface area contributed by atoms with E-state index in [-0.39, 0.29) is 5.91 Å². The standard InChI is InChI=1S/C17H20N2OS/c1-13(16-4-3-11-21-16)18-12-14-6-8-15(9-7-14)19-10-2-5-17(19)20/h3-4,6-9,11,13,18H,2,5,10,12H2,1H3. The molecular formula is C17H20N2OS. The highest BCUT2D eigenvalue weighted by molar-refractivity contribution is 7.10. The fourth-order valence-electron chi connectivity index (χ4n) is 2.62. The number of benzene rings is 1. The van der Waals surface area contributed by atoms with E-state index < -0.39 is 0 Å². The number of carbonyl (C=O) groups is 1. The summed E-state index contributed by atoms with van der Waals surface area (Å²) in [6.07, 6.45) is 1.65. The van der Waals surface area contributed by atoms with Gasteiger partial charge in [-0.2, -0.15) is 0 Å². The SMILES string of the molecule is CC(NCc1ccc(N2CCCC2=O)cc1)c1cccs1. The average Bonchev–Trinajstić information content (AvgIpc) is 3.17. The summed E-state index contributed by atoms with van der Waals surface area (Å²) in [5.74, 6) is 0.243. The number of nitrogens with one attached hydrogen (secondary N) is 1. The maximum Gasteiger partial charge on any atom is 0.227 e.